The van der Waals surface area contributed by atoms with Gasteiger partial charge in [-0.15, -0.1) is 11.3 Å². The predicted molar refractivity (Wildman–Crippen MR) is 98.2 cm³/mol. The molecule has 3 nitrogen and oxygen atoms in total. The molecule has 2 rings (SSSR count). The summed E-state index contributed by atoms with van der Waals surface area (Å²) < 4.78 is 25.7. The van der Waals surface area contributed by atoms with Crippen molar-refractivity contribution >= 4 is 21.4 Å². The van der Waals surface area contributed by atoms with Crippen LogP contribution in [0.3, 0.4) is 0 Å². The van der Waals surface area contributed by atoms with Gasteiger partial charge in [0.05, 0.1) is 6.26 Å². The molecule has 2 aromatic rings. The zero-order valence-electron chi connectivity index (χ0n) is 14.1. The highest BCUT2D eigenvalue weighted by molar-refractivity contribution is 7.88. The number of sulfonamides is 1. The van der Waals surface area contributed by atoms with E-state index in [-0.39, 0.29) is 0 Å². The molecule has 0 aliphatic carbocycles. The van der Waals surface area contributed by atoms with Gasteiger partial charge < -0.3 is 0 Å². The Kier molecular flexibility index (Phi) is 6.39. The number of thiophene rings is 1. The third-order valence-corrected chi connectivity index (χ3v) is 5.98. The number of nitrogens with zero attached hydrogens (tertiary/aromatic N) is 1. The fraction of sp³-hybridized carbons (Fsp3) is 0.444. The van der Waals surface area contributed by atoms with Gasteiger partial charge in [-0.25, -0.2) is 8.42 Å². The minimum absolute atomic E-state index is 0.420. The van der Waals surface area contributed by atoms with Crippen LogP contribution in [0, 0.1) is 6.92 Å². The quantitative estimate of drug-likeness (QED) is 0.708. The SMILES string of the molecule is CCCCc1ccc(CN(Cc2ccc(C)s2)S(C)(=O)=O)cc1. The lowest BCUT2D eigenvalue weighted by Crippen LogP contribution is -2.28. The molecule has 126 valence electrons. The first-order chi connectivity index (χ1) is 10.9. The van der Waals surface area contributed by atoms with E-state index in [2.05, 4.69) is 19.1 Å². The Morgan fingerprint density at radius 1 is 1.00 bits per heavy atom. The summed E-state index contributed by atoms with van der Waals surface area (Å²) in [5, 5.41) is 0. The van der Waals surface area contributed by atoms with Gasteiger partial charge in [0, 0.05) is 22.8 Å². The van der Waals surface area contributed by atoms with E-state index in [0.29, 0.717) is 13.1 Å². The highest BCUT2D eigenvalue weighted by Crippen LogP contribution is 2.20. The maximum Gasteiger partial charge on any atom is 0.211 e. The minimum Gasteiger partial charge on any atom is -0.212 e. The van der Waals surface area contributed by atoms with Gasteiger partial charge in [-0.1, -0.05) is 37.6 Å². The van der Waals surface area contributed by atoms with Gasteiger partial charge in [0.25, 0.3) is 0 Å². The average molecular weight is 352 g/mol. The van der Waals surface area contributed by atoms with Crippen LogP contribution in [0.4, 0.5) is 0 Å². The molecule has 0 saturated heterocycles. The zero-order chi connectivity index (χ0) is 16.9. The summed E-state index contributed by atoms with van der Waals surface area (Å²) in [6, 6.07) is 12.3. The number of hydrogen-bond acceptors (Lipinski definition) is 3. The molecule has 23 heavy (non-hydrogen) atoms. The Hall–Kier alpha value is -1.17. The molecule has 0 saturated carbocycles. The van der Waals surface area contributed by atoms with Crippen molar-refractivity contribution in [1.82, 2.24) is 4.31 Å². The van der Waals surface area contributed by atoms with Crippen molar-refractivity contribution in [2.45, 2.75) is 46.2 Å². The summed E-state index contributed by atoms with van der Waals surface area (Å²) in [5.74, 6) is 0. The molecule has 0 fully saturated rings. The summed E-state index contributed by atoms with van der Waals surface area (Å²) in [6.45, 7) is 5.08. The molecule has 1 aromatic heterocycles. The van der Waals surface area contributed by atoms with Crippen molar-refractivity contribution < 1.29 is 8.42 Å². The maximum atomic E-state index is 12.1. The Bertz CT molecular complexity index is 718. The van der Waals surface area contributed by atoms with Gasteiger partial charge in [-0.3, -0.25) is 0 Å². The van der Waals surface area contributed by atoms with Crippen LogP contribution in [0.5, 0.6) is 0 Å². The van der Waals surface area contributed by atoms with Crippen LogP contribution in [-0.2, 0) is 29.5 Å². The molecule has 1 aromatic carbocycles. The molecule has 0 spiro atoms. The van der Waals surface area contributed by atoms with Crippen LogP contribution < -0.4 is 0 Å². The topological polar surface area (TPSA) is 37.4 Å². The van der Waals surface area contributed by atoms with Gasteiger partial charge >= 0.3 is 0 Å². The van der Waals surface area contributed by atoms with Crippen molar-refractivity contribution in [3.8, 4) is 0 Å². The largest absolute Gasteiger partial charge is 0.212 e. The smallest absolute Gasteiger partial charge is 0.211 e. The molecular formula is C18H25NO2S2. The monoisotopic (exact) mass is 351 g/mol. The molecule has 0 aliphatic heterocycles. The van der Waals surface area contributed by atoms with Gasteiger partial charge in [0.2, 0.25) is 10.0 Å². The van der Waals surface area contributed by atoms with Crippen molar-refractivity contribution in [1.29, 1.82) is 0 Å². The van der Waals surface area contributed by atoms with E-state index < -0.39 is 10.0 Å². The maximum absolute atomic E-state index is 12.1. The summed E-state index contributed by atoms with van der Waals surface area (Å²) in [7, 11) is -3.24. The normalized spacial score (nSPS) is 12.0. The van der Waals surface area contributed by atoms with Crippen LogP contribution in [0.1, 0.15) is 40.6 Å². The molecule has 0 bridgehead atoms. The van der Waals surface area contributed by atoms with E-state index in [9.17, 15) is 8.42 Å². The Morgan fingerprint density at radius 3 is 2.17 bits per heavy atom. The molecule has 1 heterocycles. The first-order valence-corrected chi connectivity index (χ1v) is 10.6. The molecule has 0 amide bonds. The van der Waals surface area contributed by atoms with Crippen LogP contribution in [-0.4, -0.2) is 19.0 Å². The van der Waals surface area contributed by atoms with Gasteiger partial charge in [0.1, 0.15) is 0 Å². The van der Waals surface area contributed by atoms with Crippen molar-refractivity contribution in [2.75, 3.05) is 6.26 Å². The lowest BCUT2D eigenvalue weighted by atomic mass is 10.1. The van der Waals surface area contributed by atoms with Crippen LogP contribution in [0.2, 0.25) is 0 Å². The summed E-state index contributed by atoms with van der Waals surface area (Å²) in [5.41, 5.74) is 2.35. The lowest BCUT2D eigenvalue weighted by Gasteiger charge is -2.19. The third-order valence-electron chi connectivity index (χ3n) is 3.80. The minimum atomic E-state index is -3.24. The van der Waals surface area contributed by atoms with Crippen molar-refractivity contribution in [2.24, 2.45) is 0 Å². The highest BCUT2D eigenvalue weighted by Gasteiger charge is 2.18. The van der Waals surface area contributed by atoms with Crippen molar-refractivity contribution in [3.63, 3.8) is 0 Å². The van der Waals surface area contributed by atoms with E-state index >= 15 is 0 Å². The zero-order valence-corrected chi connectivity index (χ0v) is 15.7. The summed E-state index contributed by atoms with van der Waals surface area (Å²) in [6.07, 6.45) is 4.74. The predicted octanol–water partition coefficient (Wildman–Crippen LogP) is 4.36. The molecular weight excluding hydrogens is 326 g/mol. The Balaban J connectivity index is 2.08. The van der Waals surface area contributed by atoms with Crippen molar-refractivity contribution in [3.05, 3.63) is 57.3 Å². The van der Waals surface area contributed by atoms with Gasteiger partial charge in [-0.05, 0) is 43.0 Å². The van der Waals surface area contributed by atoms with E-state index in [1.54, 1.807) is 15.6 Å². The fourth-order valence-corrected chi connectivity index (χ4v) is 4.18. The molecule has 0 aliphatic rings. The number of benzene rings is 1. The second-order valence-electron chi connectivity index (χ2n) is 5.96. The van der Waals surface area contributed by atoms with Crippen LogP contribution in [0.25, 0.3) is 0 Å². The van der Waals surface area contributed by atoms with Crippen LogP contribution in [0.15, 0.2) is 36.4 Å². The second kappa shape index (κ2) is 8.08. The number of unbranched alkanes of at least 4 members (excludes halogenated alkanes) is 1. The third kappa shape index (κ3) is 5.75. The first-order valence-electron chi connectivity index (χ1n) is 7.96. The van der Waals surface area contributed by atoms with Gasteiger partial charge in [0.15, 0.2) is 0 Å². The first kappa shape index (κ1) is 18.2. The van der Waals surface area contributed by atoms with E-state index in [0.717, 1.165) is 16.9 Å². The fourth-order valence-electron chi connectivity index (χ4n) is 2.43. The number of hydrogen-bond donors (Lipinski definition) is 0. The standard InChI is InChI=1S/C18H25NO2S2/c1-4-5-6-16-8-10-17(11-9-16)13-19(23(3,20)21)14-18-12-7-15(2)22-18/h7-12H,4-6,13-14H2,1-3H3. The summed E-state index contributed by atoms with van der Waals surface area (Å²) in [4.78, 5) is 2.28. The summed E-state index contributed by atoms with van der Waals surface area (Å²) >= 11 is 1.65. The Morgan fingerprint density at radius 2 is 1.65 bits per heavy atom. The Labute approximate surface area is 144 Å². The molecule has 0 unspecified atom stereocenters. The molecule has 5 heteroatoms. The molecule has 0 radical (unpaired) electrons. The second-order valence-corrected chi connectivity index (χ2v) is 9.32. The average Bonchev–Trinajstić information content (AvgIpc) is 2.90. The van der Waals surface area contributed by atoms with E-state index in [1.165, 1.54) is 29.5 Å². The number of rotatable bonds is 8. The molecule has 0 atom stereocenters. The lowest BCUT2D eigenvalue weighted by molar-refractivity contribution is 0.408. The van der Waals surface area contributed by atoms with Gasteiger partial charge in [-0.2, -0.15) is 4.31 Å². The highest BCUT2D eigenvalue weighted by atomic mass is 32.2. The van der Waals surface area contributed by atoms with E-state index in [1.807, 2.05) is 31.2 Å². The van der Waals surface area contributed by atoms with Crippen LogP contribution >= 0.6 is 11.3 Å². The van der Waals surface area contributed by atoms with E-state index in [4.69, 9.17) is 0 Å². The molecule has 0 N–H and O–H groups in total. The number of aryl methyl sites for hydroxylation is 2.